The minimum atomic E-state index is -4.78. The Balaban J connectivity index is 2.69. The Bertz CT molecular complexity index is 664. The van der Waals surface area contributed by atoms with Crippen LogP contribution in [0.2, 0.25) is 0 Å². The highest BCUT2D eigenvalue weighted by Crippen LogP contribution is 2.44. The first kappa shape index (κ1) is 14.5. The highest BCUT2D eigenvalue weighted by Gasteiger charge is 2.40. The number of alkyl halides is 3. The number of hydrogen-bond acceptors (Lipinski definition) is 2. The zero-order valence-electron chi connectivity index (χ0n) is 9.46. The van der Waals surface area contributed by atoms with Crippen molar-refractivity contribution >= 4 is 21.6 Å². The molecule has 2 rings (SSSR count). The van der Waals surface area contributed by atoms with Crippen molar-refractivity contribution in [1.29, 1.82) is 0 Å². The van der Waals surface area contributed by atoms with Gasteiger partial charge in [0.2, 0.25) is 0 Å². The quantitative estimate of drug-likeness (QED) is 0.491. The van der Waals surface area contributed by atoms with Crippen LogP contribution >= 0.6 is 15.9 Å². The summed E-state index contributed by atoms with van der Waals surface area (Å²) in [4.78, 5) is 12.0. The maximum Gasteiger partial charge on any atom is 0.432 e. The van der Waals surface area contributed by atoms with Gasteiger partial charge >= 0.3 is 11.9 Å². The number of H-pyrrole nitrogens is 1. The smallest absolute Gasteiger partial charge is 0.344 e. The van der Waals surface area contributed by atoms with Crippen molar-refractivity contribution in [2.24, 2.45) is 0 Å². The summed E-state index contributed by atoms with van der Waals surface area (Å²) in [6.07, 6.45) is -4.78. The number of aromatic nitrogens is 1. The summed E-state index contributed by atoms with van der Waals surface area (Å²) in [5, 5.41) is 10.9. The van der Waals surface area contributed by atoms with Gasteiger partial charge in [0.25, 0.3) is 0 Å². The lowest BCUT2D eigenvalue weighted by Gasteiger charge is -2.03. The van der Waals surface area contributed by atoms with Crippen LogP contribution in [0.4, 0.5) is 23.2 Å². The molecule has 0 aliphatic carbocycles. The van der Waals surface area contributed by atoms with Crippen molar-refractivity contribution in [3.63, 3.8) is 0 Å². The van der Waals surface area contributed by atoms with Crippen LogP contribution in [0, 0.1) is 15.9 Å². The molecule has 1 aromatic heterocycles. The van der Waals surface area contributed by atoms with E-state index >= 15 is 0 Å². The lowest BCUT2D eigenvalue weighted by Crippen LogP contribution is -2.06. The van der Waals surface area contributed by atoms with Crippen LogP contribution in [0.3, 0.4) is 0 Å². The van der Waals surface area contributed by atoms with Crippen molar-refractivity contribution in [2.75, 3.05) is 0 Å². The summed E-state index contributed by atoms with van der Waals surface area (Å²) in [6.45, 7) is 0. The predicted octanol–water partition coefficient (Wildman–Crippen LogP) is 4.51. The molecule has 2 aromatic rings. The summed E-state index contributed by atoms with van der Waals surface area (Å²) >= 11 is 2.58. The van der Waals surface area contributed by atoms with Gasteiger partial charge in [-0.05, 0) is 40.2 Å². The maximum atomic E-state index is 12.8. The first-order valence-electron chi connectivity index (χ1n) is 5.11. The van der Waals surface area contributed by atoms with E-state index in [2.05, 4.69) is 15.9 Å². The number of benzene rings is 1. The Labute approximate surface area is 117 Å². The molecule has 106 valence electrons. The second-order valence-electron chi connectivity index (χ2n) is 3.80. The molecule has 0 saturated carbocycles. The average Bonchev–Trinajstić information content (AvgIpc) is 2.67. The van der Waals surface area contributed by atoms with E-state index in [0.29, 0.717) is 0 Å². The number of hydrogen-bond donors (Lipinski definition) is 1. The van der Waals surface area contributed by atoms with Crippen molar-refractivity contribution in [3.8, 4) is 11.3 Å². The lowest BCUT2D eigenvalue weighted by atomic mass is 10.1. The molecule has 0 aliphatic heterocycles. The maximum absolute atomic E-state index is 12.8. The molecule has 0 saturated heterocycles. The Morgan fingerprint density at radius 1 is 1.20 bits per heavy atom. The lowest BCUT2D eigenvalue weighted by molar-refractivity contribution is -0.384. The zero-order chi connectivity index (χ0) is 15.1. The molecule has 20 heavy (non-hydrogen) atoms. The van der Waals surface area contributed by atoms with E-state index in [1.165, 1.54) is 0 Å². The third-order valence-corrected chi connectivity index (χ3v) is 3.29. The van der Waals surface area contributed by atoms with E-state index in [4.69, 9.17) is 0 Å². The molecule has 0 atom stereocenters. The van der Waals surface area contributed by atoms with Crippen LogP contribution in [0.1, 0.15) is 5.69 Å². The third kappa shape index (κ3) is 2.53. The molecule has 0 amide bonds. The molecule has 0 bridgehead atoms. The van der Waals surface area contributed by atoms with E-state index < -0.39 is 32.8 Å². The van der Waals surface area contributed by atoms with E-state index in [0.717, 1.165) is 24.3 Å². The first-order chi connectivity index (χ1) is 9.21. The van der Waals surface area contributed by atoms with Crippen LogP contribution in [-0.2, 0) is 6.18 Å². The predicted molar refractivity (Wildman–Crippen MR) is 65.5 cm³/mol. The van der Waals surface area contributed by atoms with Crippen molar-refractivity contribution in [3.05, 3.63) is 50.4 Å². The number of rotatable bonds is 2. The summed E-state index contributed by atoms with van der Waals surface area (Å²) < 4.78 is 50.3. The van der Waals surface area contributed by atoms with Crippen LogP contribution in [0.15, 0.2) is 28.7 Å². The summed E-state index contributed by atoms with van der Waals surface area (Å²) in [5.41, 5.74) is -2.27. The van der Waals surface area contributed by atoms with Crippen LogP contribution in [-0.4, -0.2) is 9.91 Å². The van der Waals surface area contributed by atoms with Gasteiger partial charge in [-0.25, -0.2) is 4.39 Å². The van der Waals surface area contributed by atoms with Gasteiger partial charge in [0.1, 0.15) is 21.7 Å². The molecule has 9 heteroatoms. The second kappa shape index (κ2) is 4.89. The minimum absolute atomic E-state index is 0.0781. The van der Waals surface area contributed by atoms with Crippen molar-refractivity contribution < 1.29 is 22.5 Å². The molecule has 0 fully saturated rings. The topological polar surface area (TPSA) is 58.9 Å². The largest absolute Gasteiger partial charge is 0.432 e. The molecule has 0 unspecified atom stereocenters. The molecule has 1 heterocycles. The van der Waals surface area contributed by atoms with Gasteiger partial charge in [0.15, 0.2) is 0 Å². The van der Waals surface area contributed by atoms with Crippen LogP contribution in [0.5, 0.6) is 0 Å². The number of halogens is 5. The van der Waals surface area contributed by atoms with Crippen molar-refractivity contribution in [2.45, 2.75) is 6.18 Å². The highest BCUT2D eigenvalue weighted by molar-refractivity contribution is 9.10. The zero-order valence-corrected chi connectivity index (χ0v) is 11.0. The van der Waals surface area contributed by atoms with Gasteiger partial charge in [-0.15, -0.1) is 0 Å². The van der Waals surface area contributed by atoms with E-state index in [-0.39, 0.29) is 11.3 Å². The van der Waals surface area contributed by atoms with Gasteiger partial charge in [-0.3, -0.25) is 10.1 Å². The molecule has 1 N–H and O–H groups in total. The molecule has 4 nitrogen and oxygen atoms in total. The Morgan fingerprint density at radius 3 is 2.20 bits per heavy atom. The Morgan fingerprint density at radius 2 is 1.75 bits per heavy atom. The molecule has 0 radical (unpaired) electrons. The summed E-state index contributed by atoms with van der Waals surface area (Å²) in [6, 6.07) is 4.31. The number of nitrogens with one attached hydrogen (secondary N) is 1. The number of nitrogens with zero attached hydrogens (tertiary/aromatic N) is 1. The Hall–Kier alpha value is -1.90. The third-order valence-electron chi connectivity index (χ3n) is 2.51. The standard InChI is InChI=1S/C11H5BrF4N2O2/c12-7-9(18(19)20)8(17-10(7)11(14,15)16)5-1-3-6(13)4-2-5/h1-4,17H. The molecular weight excluding hydrogens is 348 g/mol. The normalized spacial score (nSPS) is 11.7. The molecular formula is C11H5BrF4N2O2. The minimum Gasteiger partial charge on any atom is -0.344 e. The van der Waals surface area contributed by atoms with Crippen LogP contribution < -0.4 is 0 Å². The van der Waals surface area contributed by atoms with E-state index in [1.807, 2.05) is 4.98 Å². The molecule has 1 aromatic carbocycles. The number of aromatic amines is 1. The Kier molecular flexibility index (Phi) is 3.55. The van der Waals surface area contributed by atoms with Crippen molar-refractivity contribution in [1.82, 2.24) is 4.98 Å². The SMILES string of the molecule is O=[N+]([O-])c1c(-c2ccc(F)cc2)[nH]c(C(F)(F)F)c1Br. The first-order valence-corrected chi connectivity index (χ1v) is 5.90. The highest BCUT2D eigenvalue weighted by atomic mass is 79.9. The fourth-order valence-corrected chi connectivity index (χ4v) is 2.33. The fourth-order valence-electron chi connectivity index (χ4n) is 1.66. The number of nitro groups is 1. The molecule has 0 spiro atoms. The average molecular weight is 353 g/mol. The van der Waals surface area contributed by atoms with E-state index in [1.54, 1.807) is 0 Å². The summed E-state index contributed by atoms with van der Waals surface area (Å²) in [7, 11) is 0. The molecule has 0 aliphatic rings. The van der Waals surface area contributed by atoms with Gasteiger partial charge in [0, 0.05) is 5.56 Å². The fraction of sp³-hybridized carbons (Fsp3) is 0.0909. The second-order valence-corrected chi connectivity index (χ2v) is 4.59. The van der Waals surface area contributed by atoms with Gasteiger partial charge in [-0.1, -0.05) is 0 Å². The van der Waals surface area contributed by atoms with Gasteiger partial charge < -0.3 is 4.98 Å². The van der Waals surface area contributed by atoms with E-state index in [9.17, 15) is 27.7 Å². The summed E-state index contributed by atoms with van der Waals surface area (Å²) in [5.74, 6) is -0.599. The monoisotopic (exact) mass is 352 g/mol. The van der Waals surface area contributed by atoms with Gasteiger partial charge in [0.05, 0.1) is 4.92 Å². The van der Waals surface area contributed by atoms with Gasteiger partial charge in [-0.2, -0.15) is 13.2 Å². The van der Waals surface area contributed by atoms with Crippen LogP contribution in [0.25, 0.3) is 11.3 Å².